The van der Waals surface area contributed by atoms with Crippen molar-refractivity contribution in [1.82, 2.24) is 4.98 Å². The maximum atomic E-state index is 9.39. The van der Waals surface area contributed by atoms with Gasteiger partial charge in [-0.2, -0.15) is 0 Å². The predicted molar refractivity (Wildman–Crippen MR) is 78.6 cm³/mol. The van der Waals surface area contributed by atoms with E-state index in [0.29, 0.717) is 18.9 Å². The number of rotatable bonds is 4. The standard InChI is InChI=1S/C16H16N2O2/c17-9-11-3-1-6-16-15(11)7-12(18-16)10-20-14-5-2-4-13(19)8-14/h1-8,18-19H,9-10,17H2. The van der Waals surface area contributed by atoms with E-state index in [1.54, 1.807) is 18.2 Å². The second kappa shape index (κ2) is 5.27. The van der Waals surface area contributed by atoms with Crippen LogP contribution in [0, 0.1) is 0 Å². The van der Waals surface area contributed by atoms with Gasteiger partial charge in [-0.25, -0.2) is 0 Å². The number of nitrogens with one attached hydrogen (secondary N) is 1. The van der Waals surface area contributed by atoms with E-state index in [9.17, 15) is 5.11 Å². The summed E-state index contributed by atoms with van der Waals surface area (Å²) in [6.07, 6.45) is 0. The third-order valence-corrected chi connectivity index (χ3v) is 3.24. The van der Waals surface area contributed by atoms with Gasteiger partial charge in [-0.1, -0.05) is 18.2 Å². The molecule has 0 saturated carbocycles. The molecular weight excluding hydrogens is 252 g/mol. The summed E-state index contributed by atoms with van der Waals surface area (Å²) in [7, 11) is 0. The second-order valence-corrected chi connectivity index (χ2v) is 4.66. The van der Waals surface area contributed by atoms with Crippen LogP contribution in [-0.4, -0.2) is 10.1 Å². The lowest BCUT2D eigenvalue weighted by atomic mass is 10.1. The molecule has 0 unspecified atom stereocenters. The summed E-state index contributed by atoms with van der Waals surface area (Å²) in [5, 5.41) is 10.5. The van der Waals surface area contributed by atoms with Crippen LogP contribution < -0.4 is 10.5 Å². The van der Waals surface area contributed by atoms with Crippen molar-refractivity contribution in [2.75, 3.05) is 0 Å². The van der Waals surface area contributed by atoms with Gasteiger partial charge in [0, 0.05) is 23.5 Å². The SMILES string of the molecule is NCc1cccc2[nH]c(COc3cccc(O)c3)cc12. The van der Waals surface area contributed by atoms with E-state index in [0.717, 1.165) is 22.2 Å². The van der Waals surface area contributed by atoms with Gasteiger partial charge < -0.3 is 20.6 Å². The average molecular weight is 268 g/mol. The number of nitrogens with two attached hydrogens (primary N) is 1. The number of H-pyrrole nitrogens is 1. The van der Waals surface area contributed by atoms with Crippen molar-refractivity contribution in [1.29, 1.82) is 0 Å². The second-order valence-electron chi connectivity index (χ2n) is 4.66. The van der Waals surface area contributed by atoms with Crippen LogP contribution in [0.5, 0.6) is 11.5 Å². The smallest absolute Gasteiger partial charge is 0.128 e. The van der Waals surface area contributed by atoms with Crippen molar-refractivity contribution < 1.29 is 9.84 Å². The average Bonchev–Trinajstić information content (AvgIpc) is 2.88. The van der Waals surface area contributed by atoms with Crippen LogP contribution in [0.4, 0.5) is 0 Å². The molecular formula is C16H16N2O2. The van der Waals surface area contributed by atoms with Gasteiger partial charge in [0.25, 0.3) is 0 Å². The molecule has 0 atom stereocenters. The zero-order valence-corrected chi connectivity index (χ0v) is 11.0. The summed E-state index contributed by atoms with van der Waals surface area (Å²) in [6.45, 7) is 0.935. The number of hydrogen-bond acceptors (Lipinski definition) is 3. The van der Waals surface area contributed by atoms with Gasteiger partial charge >= 0.3 is 0 Å². The summed E-state index contributed by atoms with van der Waals surface area (Å²) in [5.41, 5.74) is 8.88. The van der Waals surface area contributed by atoms with Gasteiger partial charge in [0.05, 0.1) is 5.69 Å². The molecule has 0 aliphatic carbocycles. The van der Waals surface area contributed by atoms with Gasteiger partial charge in [-0.05, 0) is 29.8 Å². The quantitative estimate of drug-likeness (QED) is 0.681. The lowest BCUT2D eigenvalue weighted by molar-refractivity contribution is 0.300. The molecule has 0 radical (unpaired) electrons. The third kappa shape index (κ3) is 2.46. The summed E-state index contributed by atoms with van der Waals surface area (Å²) in [4.78, 5) is 3.31. The highest BCUT2D eigenvalue weighted by Crippen LogP contribution is 2.22. The number of aromatic amines is 1. The van der Waals surface area contributed by atoms with E-state index in [-0.39, 0.29) is 5.75 Å². The summed E-state index contributed by atoms with van der Waals surface area (Å²) >= 11 is 0. The Labute approximate surface area is 116 Å². The molecule has 0 saturated heterocycles. The fourth-order valence-corrected chi connectivity index (χ4v) is 2.27. The molecule has 1 aromatic heterocycles. The van der Waals surface area contributed by atoms with Crippen molar-refractivity contribution in [3.63, 3.8) is 0 Å². The van der Waals surface area contributed by atoms with Crippen LogP contribution >= 0.6 is 0 Å². The molecule has 0 aliphatic rings. The fourth-order valence-electron chi connectivity index (χ4n) is 2.27. The molecule has 2 aromatic carbocycles. The zero-order chi connectivity index (χ0) is 13.9. The molecule has 0 fully saturated rings. The van der Waals surface area contributed by atoms with E-state index in [1.165, 1.54) is 0 Å². The minimum Gasteiger partial charge on any atom is -0.508 e. The van der Waals surface area contributed by atoms with Gasteiger partial charge in [-0.3, -0.25) is 0 Å². The lowest BCUT2D eigenvalue weighted by Gasteiger charge is -2.04. The number of benzene rings is 2. The Morgan fingerprint density at radius 3 is 2.75 bits per heavy atom. The highest BCUT2D eigenvalue weighted by molar-refractivity contribution is 5.83. The number of aromatic nitrogens is 1. The van der Waals surface area contributed by atoms with Gasteiger partial charge in [-0.15, -0.1) is 0 Å². The monoisotopic (exact) mass is 268 g/mol. The van der Waals surface area contributed by atoms with E-state index in [1.807, 2.05) is 24.3 Å². The Kier molecular flexibility index (Phi) is 3.31. The van der Waals surface area contributed by atoms with Crippen LogP contribution in [0.15, 0.2) is 48.5 Å². The number of ether oxygens (including phenoxy) is 1. The minimum absolute atomic E-state index is 0.199. The number of hydrogen-bond donors (Lipinski definition) is 3. The molecule has 102 valence electrons. The molecule has 0 spiro atoms. The van der Waals surface area contributed by atoms with Crippen molar-refractivity contribution >= 4 is 10.9 Å². The van der Waals surface area contributed by atoms with E-state index in [2.05, 4.69) is 11.1 Å². The summed E-state index contributed by atoms with van der Waals surface area (Å²) in [6, 6.07) is 14.9. The topological polar surface area (TPSA) is 71.3 Å². The Bertz CT molecular complexity index is 734. The molecule has 4 heteroatoms. The minimum atomic E-state index is 0.199. The largest absolute Gasteiger partial charge is 0.508 e. The highest BCUT2D eigenvalue weighted by Gasteiger charge is 2.05. The summed E-state index contributed by atoms with van der Waals surface area (Å²) < 4.78 is 5.65. The summed E-state index contributed by atoms with van der Waals surface area (Å²) in [5.74, 6) is 0.840. The number of phenolic OH excluding ortho intramolecular Hbond substituents is 1. The van der Waals surface area contributed by atoms with Crippen LogP contribution in [0.25, 0.3) is 10.9 Å². The van der Waals surface area contributed by atoms with E-state index >= 15 is 0 Å². The molecule has 4 nitrogen and oxygen atoms in total. The van der Waals surface area contributed by atoms with Gasteiger partial charge in [0.1, 0.15) is 18.1 Å². The van der Waals surface area contributed by atoms with Crippen molar-refractivity contribution in [3.05, 3.63) is 59.8 Å². The Hall–Kier alpha value is -2.46. The molecule has 0 bridgehead atoms. The first-order valence-electron chi connectivity index (χ1n) is 6.47. The first-order chi connectivity index (χ1) is 9.76. The lowest BCUT2D eigenvalue weighted by Crippen LogP contribution is -1.95. The molecule has 3 rings (SSSR count). The number of fused-ring (bicyclic) bond motifs is 1. The molecule has 0 amide bonds. The molecule has 4 N–H and O–H groups in total. The molecule has 20 heavy (non-hydrogen) atoms. The maximum Gasteiger partial charge on any atom is 0.128 e. The molecule has 3 aromatic rings. The number of aromatic hydroxyl groups is 1. The zero-order valence-electron chi connectivity index (χ0n) is 11.0. The third-order valence-electron chi connectivity index (χ3n) is 3.24. The fraction of sp³-hybridized carbons (Fsp3) is 0.125. The van der Waals surface area contributed by atoms with Crippen LogP contribution in [0.3, 0.4) is 0 Å². The first kappa shape index (κ1) is 12.6. The highest BCUT2D eigenvalue weighted by atomic mass is 16.5. The van der Waals surface area contributed by atoms with E-state index < -0.39 is 0 Å². The Morgan fingerprint density at radius 2 is 1.95 bits per heavy atom. The van der Waals surface area contributed by atoms with Crippen LogP contribution in [0.1, 0.15) is 11.3 Å². The predicted octanol–water partition coefficient (Wildman–Crippen LogP) is 2.91. The Morgan fingerprint density at radius 1 is 1.10 bits per heavy atom. The maximum absolute atomic E-state index is 9.39. The van der Waals surface area contributed by atoms with Crippen molar-refractivity contribution in [2.45, 2.75) is 13.2 Å². The normalized spacial score (nSPS) is 10.8. The van der Waals surface area contributed by atoms with E-state index in [4.69, 9.17) is 10.5 Å². The van der Waals surface area contributed by atoms with Crippen LogP contribution in [-0.2, 0) is 13.2 Å². The first-order valence-corrected chi connectivity index (χ1v) is 6.47. The van der Waals surface area contributed by atoms with Gasteiger partial charge in [0.2, 0.25) is 0 Å². The van der Waals surface area contributed by atoms with Crippen LogP contribution in [0.2, 0.25) is 0 Å². The molecule has 0 aliphatic heterocycles. The van der Waals surface area contributed by atoms with Crippen molar-refractivity contribution in [3.8, 4) is 11.5 Å². The Balaban J connectivity index is 1.81. The molecule has 1 heterocycles. The number of phenols is 1. The van der Waals surface area contributed by atoms with Gasteiger partial charge in [0.15, 0.2) is 0 Å². The van der Waals surface area contributed by atoms with Crippen molar-refractivity contribution in [2.24, 2.45) is 5.73 Å².